The third-order valence-corrected chi connectivity index (χ3v) is 4.61. The maximum absolute atomic E-state index is 12.3. The van der Waals surface area contributed by atoms with Gasteiger partial charge < -0.3 is 14.8 Å². The third-order valence-electron chi connectivity index (χ3n) is 4.22. The molecule has 2 aromatic rings. The first kappa shape index (κ1) is 21.8. The molecule has 8 heteroatoms. The molecule has 0 aliphatic carbocycles. The predicted molar refractivity (Wildman–Crippen MR) is 107 cm³/mol. The summed E-state index contributed by atoms with van der Waals surface area (Å²) in [6.07, 6.45) is 2.57. The largest absolute Gasteiger partial charge is 0.497 e. The summed E-state index contributed by atoms with van der Waals surface area (Å²) in [5.41, 5.74) is 1.77. The van der Waals surface area contributed by atoms with E-state index in [0.717, 1.165) is 24.2 Å². The third kappa shape index (κ3) is 5.99. The minimum atomic E-state index is -0.643. The Morgan fingerprint density at radius 2 is 1.96 bits per heavy atom. The molecule has 0 saturated carbocycles. The van der Waals surface area contributed by atoms with Gasteiger partial charge in [0.1, 0.15) is 16.5 Å². The van der Waals surface area contributed by atoms with Crippen molar-refractivity contribution in [2.45, 2.75) is 39.7 Å². The van der Waals surface area contributed by atoms with Gasteiger partial charge in [-0.05, 0) is 37.5 Å². The number of ether oxygens (including phenoxy) is 2. The van der Waals surface area contributed by atoms with Gasteiger partial charge in [0.05, 0.1) is 12.8 Å². The number of carbonyl (C=O) groups excluding carboxylic acids is 2. The Labute approximate surface area is 170 Å². The van der Waals surface area contributed by atoms with Crippen LogP contribution in [0.1, 0.15) is 41.4 Å². The normalized spacial score (nSPS) is 10.6. The second-order valence-electron chi connectivity index (χ2n) is 6.35. The zero-order valence-electron chi connectivity index (χ0n) is 16.5. The van der Waals surface area contributed by atoms with Gasteiger partial charge in [-0.3, -0.25) is 9.48 Å². The van der Waals surface area contributed by atoms with Gasteiger partial charge in [-0.1, -0.05) is 37.1 Å². The van der Waals surface area contributed by atoms with Gasteiger partial charge in [0.15, 0.2) is 6.61 Å². The van der Waals surface area contributed by atoms with Crippen molar-refractivity contribution in [3.8, 4) is 5.75 Å². The Balaban J connectivity index is 1.79. The average molecular weight is 408 g/mol. The summed E-state index contributed by atoms with van der Waals surface area (Å²) in [6.45, 7) is 4.47. The summed E-state index contributed by atoms with van der Waals surface area (Å²) in [4.78, 5) is 24.2. The number of halogens is 1. The lowest BCUT2D eigenvalue weighted by atomic mass is 10.1. The number of esters is 1. The highest BCUT2D eigenvalue weighted by molar-refractivity contribution is 6.32. The molecule has 0 bridgehead atoms. The lowest BCUT2D eigenvalue weighted by Gasteiger charge is -2.07. The molecule has 0 saturated heterocycles. The first-order chi connectivity index (χ1) is 13.5. The van der Waals surface area contributed by atoms with Gasteiger partial charge in [0.2, 0.25) is 0 Å². The van der Waals surface area contributed by atoms with Crippen molar-refractivity contribution >= 4 is 23.5 Å². The van der Waals surface area contributed by atoms with E-state index >= 15 is 0 Å². The summed E-state index contributed by atoms with van der Waals surface area (Å²) >= 11 is 6.24. The molecule has 7 nitrogen and oxygen atoms in total. The summed E-state index contributed by atoms with van der Waals surface area (Å²) in [5, 5.41) is 7.24. The smallest absolute Gasteiger partial charge is 0.343 e. The molecule has 0 aliphatic heterocycles. The first-order valence-corrected chi connectivity index (χ1v) is 9.63. The van der Waals surface area contributed by atoms with E-state index in [1.807, 2.05) is 24.3 Å². The number of unbranched alkanes of at least 4 members (excludes halogenated alkanes) is 1. The molecular formula is C20H26ClN3O4. The summed E-state index contributed by atoms with van der Waals surface area (Å²) in [5.74, 6) is -0.226. The van der Waals surface area contributed by atoms with Gasteiger partial charge in [0, 0.05) is 13.1 Å². The summed E-state index contributed by atoms with van der Waals surface area (Å²) < 4.78 is 11.8. The van der Waals surface area contributed by atoms with Crippen LogP contribution in [0, 0.1) is 6.92 Å². The lowest BCUT2D eigenvalue weighted by Crippen LogP contribution is -2.30. The molecule has 0 unspecified atom stereocenters. The number of hydrogen-bond donors (Lipinski definition) is 1. The predicted octanol–water partition coefficient (Wildman–Crippen LogP) is 3.17. The highest BCUT2D eigenvalue weighted by Crippen LogP contribution is 2.21. The number of rotatable bonds is 10. The van der Waals surface area contributed by atoms with Crippen LogP contribution in [-0.4, -0.2) is 41.9 Å². The van der Waals surface area contributed by atoms with Crippen molar-refractivity contribution in [3.05, 3.63) is 46.2 Å². The number of benzene rings is 1. The maximum Gasteiger partial charge on any atom is 0.343 e. The number of carbonyl (C=O) groups is 2. The molecule has 0 spiro atoms. The van der Waals surface area contributed by atoms with Crippen molar-refractivity contribution in [2.24, 2.45) is 0 Å². The molecule has 1 heterocycles. The van der Waals surface area contributed by atoms with Gasteiger partial charge >= 0.3 is 5.97 Å². The fourth-order valence-corrected chi connectivity index (χ4v) is 2.97. The van der Waals surface area contributed by atoms with Crippen molar-refractivity contribution in [1.82, 2.24) is 15.1 Å². The number of methoxy groups -OCH3 is 1. The van der Waals surface area contributed by atoms with Crippen LogP contribution in [0.15, 0.2) is 24.3 Å². The van der Waals surface area contributed by atoms with Crippen molar-refractivity contribution < 1.29 is 19.1 Å². The minimum Gasteiger partial charge on any atom is -0.497 e. The number of aryl methyl sites for hydroxylation is 2. The van der Waals surface area contributed by atoms with E-state index in [-0.39, 0.29) is 23.2 Å². The van der Waals surface area contributed by atoms with Crippen LogP contribution < -0.4 is 10.1 Å². The van der Waals surface area contributed by atoms with Crippen molar-refractivity contribution in [3.63, 3.8) is 0 Å². The van der Waals surface area contributed by atoms with Crippen LogP contribution in [0.5, 0.6) is 5.75 Å². The molecule has 0 aliphatic rings. The summed E-state index contributed by atoms with van der Waals surface area (Å²) in [6, 6.07) is 7.61. The first-order valence-electron chi connectivity index (χ1n) is 9.25. The molecule has 152 valence electrons. The molecule has 0 atom stereocenters. The standard InChI is InChI=1S/C20H26ClN3O4/c1-4-5-12-24-19(21)18(14(2)23-24)20(26)28-13-17(25)22-11-10-15-6-8-16(27-3)9-7-15/h6-9H,4-5,10-13H2,1-3H3,(H,22,25). The fraction of sp³-hybridized carbons (Fsp3) is 0.450. The second-order valence-corrected chi connectivity index (χ2v) is 6.71. The van der Waals surface area contributed by atoms with Gasteiger partial charge in [-0.2, -0.15) is 5.10 Å². The minimum absolute atomic E-state index is 0.212. The monoisotopic (exact) mass is 407 g/mol. The van der Waals surface area contributed by atoms with E-state index < -0.39 is 5.97 Å². The Hall–Kier alpha value is -2.54. The number of aromatic nitrogens is 2. The van der Waals surface area contributed by atoms with E-state index in [1.54, 1.807) is 18.7 Å². The SMILES string of the molecule is CCCCn1nc(C)c(C(=O)OCC(=O)NCCc2ccc(OC)cc2)c1Cl. The molecule has 0 fully saturated rings. The zero-order chi connectivity index (χ0) is 20.5. The van der Waals surface area contributed by atoms with E-state index in [1.165, 1.54) is 0 Å². The molecule has 1 aromatic heterocycles. The maximum atomic E-state index is 12.3. The van der Waals surface area contributed by atoms with Crippen LogP contribution in [0.4, 0.5) is 0 Å². The van der Waals surface area contributed by atoms with Gasteiger partial charge in [-0.15, -0.1) is 0 Å². The molecule has 2 rings (SSSR count). The van der Waals surface area contributed by atoms with Crippen LogP contribution in [0.25, 0.3) is 0 Å². The van der Waals surface area contributed by atoms with Crippen molar-refractivity contribution in [1.29, 1.82) is 0 Å². The van der Waals surface area contributed by atoms with Gasteiger partial charge in [-0.25, -0.2) is 4.79 Å². The van der Waals surface area contributed by atoms with Crippen LogP contribution in [0.3, 0.4) is 0 Å². The Bertz CT molecular complexity index is 803. The molecule has 0 radical (unpaired) electrons. The van der Waals surface area contributed by atoms with E-state index in [9.17, 15) is 9.59 Å². The molecular weight excluding hydrogens is 382 g/mol. The second kappa shape index (κ2) is 10.7. The highest BCUT2D eigenvalue weighted by Gasteiger charge is 2.22. The quantitative estimate of drug-likeness (QED) is 0.611. The number of nitrogens with one attached hydrogen (secondary N) is 1. The molecule has 1 aromatic carbocycles. The Morgan fingerprint density at radius 3 is 2.61 bits per heavy atom. The Kier molecular flexibility index (Phi) is 8.32. The van der Waals surface area contributed by atoms with Crippen molar-refractivity contribution in [2.75, 3.05) is 20.3 Å². The molecule has 28 heavy (non-hydrogen) atoms. The number of nitrogens with zero attached hydrogens (tertiary/aromatic N) is 2. The fourth-order valence-electron chi connectivity index (χ4n) is 2.63. The molecule has 1 amide bonds. The highest BCUT2D eigenvalue weighted by atomic mass is 35.5. The number of amides is 1. The van der Waals surface area contributed by atoms with E-state index in [2.05, 4.69) is 17.3 Å². The number of hydrogen-bond acceptors (Lipinski definition) is 5. The average Bonchev–Trinajstić information content (AvgIpc) is 2.98. The van der Waals surface area contributed by atoms with Crippen LogP contribution in [-0.2, 0) is 22.5 Å². The summed E-state index contributed by atoms with van der Waals surface area (Å²) in [7, 11) is 1.61. The van der Waals surface area contributed by atoms with Crippen LogP contribution >= 0.6 is 11.6 Å². The van der Waals surface area contributed by atoms with E-state index in [4.69, 9.17) is 21.1 Å². The Morgan fingerprint density at radius 1 is 1.25 bits per heavy atom. The molecule has 1 N–H and O–H groups in total. The van der Waals surface area contributed by atoms with Crippen LogP contribution in [0.2, 0.25) is 5.15 Å². The lowest BCUT2D eigenvalue weighted by molar-refractivity contribution is -0.124. The van der Waals surface area contributed by atoms with Gasteiger partial charge in [0.25, 0.3) is 5.91 Å². The van der Waals surface area contributed by atoms with E-state index in [0.29, 0.717) is 25.2 Å². The zero-order valence-corrected chi connectivity index (χ0v) is 17.2. The topological polar surface area (TPSA) is 82.5 Å².